The number of carbonyl (C=O) groups excluding carboxylic acids is 2. The first-order valence-electron chi connectivity index (χ1n) is 23.9. The maximum atomic E-state index is 13.0. The van der Waals surface area contributed by atoms with Crippen LogP contribution < -0.4 is 0 Å². The summed E-state index contributed by atoms with van der Waals surface area (Å²) in [4.78, 5) is 54.2. The van der Waals surface area contributed by atoms with E-state index >= 15 is 0 Å². The highest BCUT2D eigenvalue weighted by molar-refractivity contribution is 7.47. The van der Waals surface area contributed by atoms with Gasteiger partial charge in [-0.1, -0.05) is 143 Å². The molecule has 0 bridgehead atoms. The third-order valence-corrected chi connectivity index (χ3v) is 11.7. The molecular formula is C49H80O17P2. The fraction of sp³-hybridized carbons (Fsp3) is 0.633. The molecule has 17 nitrogen and oxygen atoms in total. The molecule has 388 valence electrons. The molecule has 1 aliphatic rings. The van der Waals surface area contributed by atoms with E-state index in [1.807, 2.05) is 54.7 Å². The van der Waals surface area contributed by atoms with Crippen molar-refractivity contribution in [3.05, 3.63) is 97.2 Å². The van der Waals surface area contributed by atoms with Crippen LogP contribution in [0.4, 0.5) is 0 Å². The topological polar surface area (TPSA) is 276 Å². The Labute approximate surface area is 403 Å². The summed E-state index contributed by atoms with van der Waals surface area (Å²) in [5, 5.41) is 51.2. The first-order chi connectivity index (χ1) is 32.5. The number of aliphatic hydroxyl groups is 5. The minimum atomic E-state index is -5.39. The molecule has 0 radical (unpaired) electrons. The van der Waals surface area contributed by atoms with E-state index in [9.17, 15) is 58.9 Å². The molecule has 19 heteroatoms. The summed E-state index contributed by atoms with van der Waals surface area (Å²) in [6, 6.07) is 0. The van der Waals surface area contributed by atoms with Crippen LogP contribution in [0.1, 0.15) is 136 Å². The Balaban J connectivity index is 2.70. The fourth-order valence-electron chi connectivity index (χ4n) is 6.47. The predicted molar refractivity (Wildman–Crippen MR) is 261 cm³/mol. The summed E-state index contributed by atoms with van der Waals surface area (Å²) in [7, 11) is -10.7. The molecule has 0 heterocycles. The number of phosphoric ester groups is 2. The summed E-state index contributed by atoms with van der Waals surface area (Å²) in [5.74, 6) is -1.37. The molecule has 1 rings (SSSR count). The highest BCUT2D eigenvalue weighted by Gasteiger charge is 2.54. The molecule has 0 saturated heterocycles. The van der Waals surface area contributed by atoms with E-state index < -0.39 is 89.6 Å². The molecule has 0 spiro atoms. The van der Waals surface area contributed by atoms with Crippen molar-refractivity contribution in [2.75, 3.05) is 13.2 Å². The molecule has 0 aromatic rings. The number of phosphoric acid groups is 2. The molecular weight excluding hydrogens is 922 g/mol. The van der Waals surface area contributed by atoms with Gasteiger partial charge in [-0.2, -0.15) is 0 Å². The lowest BCUT2D eigenvalue weighted by molar-refractivity contribution is -0.216. The lowest BCUT2D eigenvalue weighted by Gasteiger charge is -2.43. The SMILES string of the molecule is CCCCC/C=C\C/C=C\C/C=C\C/C=C\CCCC(=O)OC[C@H](COP(=O)(O)O[C@H]1C(O)C(O)C(O)[C@@H](OP(=O)(O)O)C1O)OC(=O)CCC/C=C\C/C=C\C/C=C\C=C\[C@@H](O)CCCCC. The van der Waals surface area contributed by atoms with Crippen molar-refractivity contribution >= 4 is 27.6 Å². The van der Waals surface area contributed by atoms with Crippen molar-refractivity contribution < 1.29 is 82.0 Å². The number of rotatable bonds is 38. The van der Waals surface area contributed by atoms with E-state index in [1.54, 1.807) is 6.08 Å². The molecule has 5 unspecified atom stereocenters. The van der Waals surface area contributed by atoms with Gasteiger partial charge in [0.1, 0.15) is 43.2 Å². The Morgan fingerprint density at radius 2 is 1.01 bits per heavy atom. The zero-order valence-electron chi connectivity index (χ0n) is 39.9. The quantitative estimate of drug-likeness (QED) is 0.00953. The average molecular weight is 1000 g/mol. The monoisotopic (exact) mass is 1000 g/mol. The van der Waals surface area contributed by atoms with Gasteiger partial charge < -0.3 is 49.7 Å². The second kappa shape index (κ2) is 38.6. The first-order valence-corrected chi connectivity index (χ1v) is 26.9. The first kappa shape index (κ1) is 62.9. The van der Waals surface area contributed by atoms with Gasteiger partial charge >= 0.3 is 27.6 Å². The van der Waals surface area contributed by atoms with Crippen LogP contribution >= 0.6 is 15.6 Å². The van der Waals surface area contributed by atoms with Crippen LogP contribution in [0.15, 0.2) is 97.2 Å². The summed E-state index contributed by atoms with van der Waals surface area (Å²) in [5.41, 5.74) is 0. The van der Waals surface area contributed by atoms with Gasteiger partial charge in [0.15, 0.2) is 6.10 Å². The van der Waals surface area contributed by atoms with Crippen LogP contribution in [0.2, 0.25) is 0 Å². The molecule has 1 aliphatic carbocycles. The number of allylic oxidation sites excluding steroid dienone is 15. The molecule has 1 fully saturated rings. The van der Waals surface area contributed by atoms with E-state index in [0.717, 1.165) is 57.8 Å². The smallest absolute Gasteiger partial charge is 0.462 e. The maximum Gasteiger partial charge on any atom is 0.472 e. The number of ether oxygens (including phenoxy) is 2. The Morgan fingerprint density at radius 1 is 0.544 bits per heavy atom. The van der Waals surface area contributed by atoms with Crippen LogP contribution in [0.3, 0.4) is 0 Å². The van der Waals surface area contributed by atoms with Gasteiger partial charge in [-0.3, -0.25) is 23.2 Å². The van der Waals surface area contributed by atoms with Crippen molar-refractivity contribution in [2.45, 2.75) is 185 Å². The Bertz CT molecular complexity index is 1700. The number of carbonyl (C=O) groups is 2. The molecule has 0 aromatic heterocycles. The summed E-state index contributed by atoms with van der Waals surface area (Å²) in [6.45, 7) is 2.85. The van der Waals surface area contributed by atoms with Gasteiger partial charge in [0.2, 0.25) is 0 Å². The van der Waals surface area contributed by atoms with Crippen LogP contribution in [-0.2, 0) is 41.8 Å². The third kappa shape index (κ3) is 32.6. The standard InChI is InChI=1S/C49H80O17P2/c1-3-5-7-8-9-10-11-12-13-14-15-16-19-22-25-28-32-36-42(51)62-38-41(39-63-68(60,61)66-49-46(55)44(53)45(54)48(47(49)56)65-67(57,58)59)64-43(52)37-33-29-26-23-20-17-18-21-24-27-31-35-40(50)34-30-6-4-2/h9-10,12-13,15-18,22-27,31,35,40-41,44-50,53-56H,3-8,11,14,19-21,28-30,32-34,36-39H2,1-2H3,(H,60,61)(H2,57,58,59)/b10-9-,13-12-,16-15-,18-17-,25-22-,26-23-,27-24-,35-31+/t40-,41+,44?,45?,46?,47?,48+,49-/m0/s1. The second-order valence-electron chi connectivity index (χ2n) is 16.3. The zero-order valence-corrected chi connectivity index (χ0v) is 41.6. The van der Waals surface area contributed by atoms with Gasteiger partial charge in [-0.05, 0) is 77.0 Å². The average Bonchev–Trinajstić information content (AvgIpc) is 3.29. The Morgan fingerprint density at radius 3 is 1.54 bits per heavy atom. The van der Waals surface area contributed by atoms with E-state index in [-0.39, 0.29) is 12.8 Å². The highest BCUT2D eigenvalue weighted by atomic mass is 31.2. The van der Waals surface area contributed by atoms with E-state index in [4.69, 9.17) is 18.5 Å². The van der Waals surface area contributed by atoms with Crippen LogP contribution in [-0.4, -0.2) is 114 Å². The molecule has 8 N–H and O–H groups in total. The minimum Gasteiger partial charge on any atom is -0.462 e. The fourth-order valence-corrected chi connectivity index (χ4v) is 8.01. The lowest BCUT2D eigenvalue weighted by atomic mass is 9.85. The number of esters is 2. The number of aliphatic hydroxyl groups excluding tert-OH is 5. The second-order valence-corrected chi connectivity index (χ2v) is 18.9. The van der Waals surface area contributed by atoms with Crippen molar-refractivity contribution in [1.29, 1.82) is 0 Å². The van der Waals surface area contributed by atoms with E-state index in [0.29, 0.717) is 32.1 Å². The van der Waals surface area contributed by atoms with Gasteiger partial charge in [0.25, 0.3) is 0 Å². The normalized spacial score (nSPS) is 22.6. The Hall–Kier alpha value is -3.12. The minimum absolute atomic E-state index is 0.0183. The largest absolute Gasteiger partial charge is 0.472 e. The van der Waals surface area contributed by atoms with Crippen molar-refractivity contribution in [1.82, 2.24) is 0 Å². The van der Waals surface area contributed by atoms with E-state index in [1.165, 1.54) is 19.3 Å². The summed E-state index contributed by atoms with van der Waals surface area (Å²) >= 11 is 0. The summed E-state index contributed by atoms with van der Waals surface area (Å²) in [6.07, 6.45) is 31.3. The van der Waals surface area contributed by atoms with Crippen molar-refractivity contribution in [2.24, 2.45) is 0 Å². The molecule has 0 aliphatic heterocycles. The summed E-state index contributed by atoms with van der Waals surface area (Å²) < 4.78 is 49.2. The van der Waals surface area contributed by atoms with Gasteiger partial charge in [0.05, 0.1) is 12.7 Å². The number of hydrogen-bond donors (Lipinski definition) is 8. The Kier molecular flexibility index (Phi) is 35.7. The third-order valence-electron chi connectivity index (χ3n) is 10.2. The predicted octanol–water partition coefficient (Wildman–Crippen LogP) is 8.14. The van der Waals surface area contributed by atoms with Crippen LogP contribution in [0.25, 0.3) is 0 Å². The molecule has 68 heavy (non-hydrogen) atoms. The molecule has 0 aromatic carbocycles. The van der Waals surface area contributed by atoms with Gasteiger partial charge in [-0.15, -0.1) is 0 Å². The van der Waals surface area contributed by atoms with Crippen LogP contribution in [0.5, 0.6) is 0 Å². The van der Waals surface area contributed by atoms with E-state index in [2.05, 4.69) is 54.8 Å². The van der Waals surface area contributed by atoms with Crippen LogP contribution in [0, 0.1) is 0 Å². The highest BCUT2D eigenvalue weighted by Crippen LogP contribution is 2.49. The van der Waals surface area contributed by atoms with Gasteiger partial charge in [0, 0.05) is 12.8 Å². The molecule has 1 saturated carbocycles. The lowest BCUT2D eigenvalue weighted by Crippen LogP contribution is -2.64. The number of unbranched alkanes of at least 4 members (excludes halogenated alkanes) is 7. The van der Waals surface area contributed by atoms with Gasteiger partial charge in [-0.25, -0.2) is 9.13 Å². The van der Waals surface area contributed by atoms with Crippen molar-refractivity contribution in [3.63, 3.8) is 0 Å². The molecule has 0 amide bonds. The maximum absolute atomic E-state index is 13.0. The zero-order chi connectivity index (χ0) is 50.5. The van der Waals surface area contributed by atoms with Crippen molar-refractivity contribution in [3.8, 4) is 0 Å². The number of hydrogen-bond acceptors (Lipinski definition) is 14. The molecule has 9 atom stereocenters.